The molecule has 0 amide bonds. The lowest BCUT2D eigenvalue weighted by molar-refractivity contribution is 0.125. The van der Waals surface area contributed by atoms with Crippen LogP contribution >= 0.6 is 11.6 Å². The van der Waals surface area contributed by atoms with Gasteiger partial charge in [0.1, 0.15) is 0 Å². The van der Waals surface area contributed by atoms with Gasteiger partial charge in [0, 0.05) is 11.6 Å². The van der Waals surface area contributed by atoms with E-state index in [4.69, 9.17) is 17.3 Å². The number of benzene rings is 1. The molecule has 1 aromatic carbocycles. The summed E-state index contributed by atoms with van der Waals surface area (Å²) in [6, 6.07) is 3.55. The van der Waals surface area contributed by atoms with E-state index in [1.807, 2.05) is 6.20 Å². The fourth-order valence-corrected chi connectivity index (χ4v) is 1.96. The molecule has 4 nitrogen and oxygen atoms in total. The van der Waals surface area contributed by atoms with Gasteiger partial charge < -0.3 is 10.8 Å². The molecule has 0 atom stereocenters. The largest absolute Gasteiger partial charge is 0.398 e. The third-order valence-corrected chi connectivity index (χ3v) is 3.28. The number of nitrogen functional groups attached to an aromatic ring is 1. The summed E-state index contributed by atoms with van der Waals surface area (Å²) in [6.45, 7) is 0.541. The molecular weight excluding hydrogens is 226 g/mol. The monoisotopic (exact) mass is 237 g/mol. The van der Waals surface area contributed by atoms with Gasteiger partial charge in [-0.25, -0.2) is 0 Å². The first kappa shape index (κ1) is 9.93. The first-order valence-corrected chi connectivity index (χ1v) is 5.58. The van der Waals surface area contributed by atoms with E-state index in [-0.39, 0.29) is 0 Å². The zero-order valence-electron chi connectivity index (χ0n) is 8.65. The van der Waals surface area contributed by atoms with Crippen LogP contribution in [0.1, 0.15) is 12.8 Å². The van der Waals surface area contributed by atoms with Gasteiger partial charge in [-0.15, -0.1) is 0 Å². The SMILES string of the molecule is Nc1cc2cn(CC3(O)CC3)nc2cc1Cl. The van der Waals surface area contributed by atoms with Crippen LogP contribution in [-0.2, 0) is 6.54 Å². The molecule has 0 bridgehead atoms. The Morgan fingerprint density at radius 2 is 2.25 bits per heavy atom. The van der Waals surface area contributed by atoms with E-state index >= 15 is 0 Å². The summed E-state index contributed by atoms with van der Waals surface area (Å²) in [5.41, 5.74) is 6.54. The van der Waals surface area contributed by atoms with Gasteiger partial charge in [0.15, 0.2) is 0 Å². The minimum Gasteiger partial charge on any atom is -0.398 e. The van der Waals surface area contributed by atoms with Gasteiger partial charge in [0.25, 0.3) is 0 Å². The summed E-state index contributed by atoms with van der Waals surface area (Å²) in [5, 5.41) is 15.6. The van der Waals surface area contributed by atoms with Crippen molar-refractivity contribution >= 4 is 28.2 Å². The van der Waals surface area contributed by atoms with Gasteiger partial charge >= 0.3 is 0 Å². The van der Waals surface area contributed by atoms with Crippen LogP contribution in [-0.4, -0.2) is 20.5 Å². The third-order valence-electron chi connectivity index (χ3n) is 2.95. The zero-order chi connectivity index (χ0) is 11.3. The average Bonchev–Trinajstić information content (AvgIpc) is 2.79. The van der Waals surface area contributed by atoms with E-state index in [0.29, 0.717) is 17.3 Å². The number of hydrogen-bond acceptors (Lipinski definition) is 3. The van der Waals surface area contributed by atoms with Crippen LogP contribution in [0, 0.1) is 0 Å². The predicted octanol–water partition coefficient (Wildman–Crippen LogP) is 1.80. The van der Waals surface area contributed by atoms with Crippen molar-refractivity contribution in [3.05, 3.63) is 23.4 Å². The number of hydrogen-bond donors (Lipinski definition) is 2. The molecule has 3 rings (SSSR count). The molecule has 1 saturated carbocycles. The second-order valence-electron chi connectivity index (χ2n) is 4.48. The second kappa shape index (κ2) is 3.12. The highest BCUT2D eigenvalue weighted by Gasteiger charge is 2.40. The summed E-state index contributed by atoms with van der Waals surface area (Å²) in [5.74, 6) is 0. The highest BCUT2D eigenvalue weighted by Crippen LogP contribution is 2.36. The maximum absolute atomic E-state index is 9.80. The third kappa shape index (κ3) is 1.64. The Labute approximate surface area is 97.6 Å². The topological polar surface area (TPSA) is 64.1 Å². The molecule has 1 aromatic heterocycles. The van der Waals surface area contributed by atoms with Gasteiger partial charge in [-0.3, -0.25) is 4.68 Å². The fraction of sp³-hybridized carbons (Fsp3) is 0.364. The summed E-state index contributed by atoms with van der Waals surface area (Å²) in [4.78, 5) is 0. The lowest BCUT2D eigenvalue weighted by Crippen LogP contribution is -2.16. The zero-order valence-corrected chi connectivity index (χ0v) is 9.41. The van der Waals surface area contributed by atoms with Crippen LogP contribution in [0.2, 0.25) is 5.02 Å². The van der Waals surface area contributed by atoms with Crippen molar-refractivity contribution in [1.82, 2.24) is 9.78 Å². The van der Waals surface area contributed by atoms with Gasteiger partial charge in [0.05, 0.1) is 28.4 Å². The van der Waals surface area contributed by atoms with E-state index < -0.39 is 5.60 Å². The first-order valence-electron chi connectivity index (χ1n) is 5.20. The standard InChI is InChI=1S/C11H12ClN3O/c12-8-4-10-7(3-9(8)13)5-15(14-10)6-11(16)1-2-11/h3-5,16H,1-2,6,13H2. The molecule has 1 aliphatic rings. The summed E-state index contributed by atoms with van der Waals surface area (Å²) >= 11 is 5.92. The summed E-state index contributed by atoms with van der Waals surface area (Å²) < 4.78 is 1.76. The Morgan fingerprint density at radius 3 is 2.94 bits per heavy atom. The Balaban J connectivity index is 2.02. The summed E-state index contributed by atoms with van der Waals surface area (Å²) in [7, 11) is 0. The molecule has 0 aliphatic heterocycles. The van der Waals surface area contributed by atoms with Crippen molar-refractivity contribution < 1.29 is 5.11 Å². The van der Waals surface area contributed by atoms with E-state index in [1.165, 1.54) is 0 Å². The number of aromatic nitrogens is 2. The highest BCUT2D eigenvalue weighted by atomic mass is 35.5. The maximum atomic E-state index is 9.80. The lowest BCUT2D eigenvalue weighted by atomic mass is 10.2. The minimum atomic E-state index is -0.544. The maximum Gasteiger partial charge on any atom is 0.0939 e. The molecule has 16 heavy (non-hydrogen) atoms. The van der Waals surface area contributed by atoms with Crippen molar-refractivity contribution in [3.8, 4) is 0 Å². The molecule has 3 N–H and O–H groups in total. The van der Waals surface area contributed by atoms with Gasteiger partial charge in [-0.1, -0.05) is 11.6 Å². The molecule has 1 aliphatic carbocycles. The fourth-order valence-electron chi connectivity index (χ4n) is 1.80. The predicted molar refractivity (Wildman–Crippen MR) is 63.3 cm³/mol. The number of aliphatic hydroxyl groups is 1. The second-order valence-corrected chi connectivity index (χ2v) is 4.89. The Bertz CT molecular complexity index is 521. The molecule has 0 radical (unpaired) electrons. The van der Waals surface area contributed by atoms with Gasteiger partial charge in [-0.05, 0) is 25.0 Å². The van der Waals surface area contributed by atoms with Crippen LogP contribution < -0.4 is 5.73 Å². The molecular formula is C11H12ClN3O. The molecule has 1 heterocycles. The quantitative estimate of drug-likeness (QED) is 0.783. The van der Waals surface area contributed by atoms with Gasteiger partial charge in [-0.2, -0.15) is 5.10 Å². The van der Waals surface area contributed by atoms with E-state index in [9.17, 15) is 5.11 Å². The van der Waals surface area contributed by atoms with Crippen LogP contribution in [0.3, 0.4) is 0 Å². The van der Waals surface area contributed by atoms with E-state index in [0.717, 1.165) is 23.7 Å². The Kier molecular flexibility index (Phi) is 1.94. The van der Waals surface area contributed by atoms with Crippen molar-refractivity contribution in [2.45, 2.75) is 25.0 Å². The molecule has 84 valence electrons. The van der Waals surface area contributed by atoms with Crippen molar-refractivity contribution in [3.63, 3.8) is 0 Å². The van der Waals surface area contributed by atoms with Crippen molar-refractivity contribution in [2.75, 3.05) is 5.73 Å². The van der Waals surface area contributed by atoms with Crippen LogP contribution in [0.5, 0.6) is 0 Å². The molecule has 0 saturated heterocycles. The van der Waals surface area contributed by atoms with Crippen LogP contribution in [0.25, 0.3) is 10.9 Å². The normalized spacial score (nSPS) is 17.9. The van der Waals surface area contributed by atoms with Crippen LogP contribution in [0.4, 0.5) is 5.69 Å². The molecule has 1 fully saturated rings. The smallest absolute Gasteiger partial charge is 0.0939 e. The minimum absolute atomic E-state index is 0.517. The average molecular weight is 238 g/mol. The van der Waals surface area contributed by atoms with E-state index in [1.54, 1.807) is 16.8 Å². The summed E-state index contributed by atoms with van der Waals surface area (Å²) in [6.07, 6.45) is 3.59. The number of fused-ring (bicyclic) bond motifs is 1. The Morgan fingerprint density at radius 1 is 1.50 bits per heavy atom. The Hall–Kier alpha value is -1.26. The van der Waals surface area contributed by atoms with Gasteiger partial charge in [0.2, 0.25) is 0 Å². The molecule has 0 spiro atoms. The lowest BCUT2D eigenvalue weighted by Gasteiger charge is -2.05. The number of anilines is 1. The van der Waals surface area contributed by atoms with E-state index in [2.05, 4.69) is 5.10 Å². The van der Waals surface area contributed by atoms with Crippen molar-refractivity contribution in [2.24, 2.45) is 0 Å². The number of rotatable bonds is 2. The number of nitrogens with zero attached hydrogens (tertiary/aromatic N) is 2. The molecule has 5 heteroatoms. The number of halogens is 1. The first-order chi connectivity index (χ1) is 7.56. The van der Waals surface area contributed by atoms with Crippen LogP contribution in [0.15, 0.2) is 18.3 Å². The number of nitrogens with two attached hydrogens (primary N) is 1. The molecule has 0 unspecified atom stereocenters. The van der Waals surface area contributed by atoms with Crippen molar-refractivity contribution in [1.29, 1.82) is 0 Å². The molecule has 2 aromatic rings. The highest BCUT2D eigenvalue weighted by molar-refractivity contribution is 6.33.